The lowest BCUT2D eigenvalue weighted by molar-refractivity contribution is -0.143. The molecular formula is C46H59F2N11O13S. The summed E-state index contributed by atoms with van der Waals surface area (Å²) >= 11 is 0. The first kappa shape index (κ1) is 56.8. The maximum atomic E-state index is 14.8. The van der Waals surface area contributed by atoms with Crippen LogP contribution >= 0.6 is 0 Å². The Hall–Kier alpha value is -7.14. The number of nitrogens with zero attached hydrogens (tertiary/aromatic N) is 3. The van der Waals surface area contributed by atoms with Gasteiger partial charge in [-0.25, -0.2) is 28.7 Å². The zero-order valence-electron chi connectivity index (χ0n) is 40.3. The third-order valence-electron chi connectivity index (χ3n) is 11.4. The maximum absolute atomic E-state index is 14.8. The smallest absolute Gasteiger partial charge is 0.326 e. The van der Waals surface area contributed by atoms with Gasteiger partial charge in [0.1, 0.15) is 72.4 Å². The highest BCUT2D eigenvalue weighted by Gasteiger charge is 2.38. The molecule has 2 heterocycles. The number of halogens is 2. The molecule has 1 aromatic heterocycles. The highest BCUT2D eigenvalue weighted by Crippen LogP contribution is 2.45. The first-order chi connectivity index (χ1) is 34.1. The van der Waals surface area contributed by atoms with Crippen molar-refractivity contribution in [1.29, 1.82) is 0 Å². The van der Waals surface area contributed by atoms with E-state index in [4.69, 9.17) is 31.8 Å². The molecule has 6 atom stereocenters. The van der Waals surface area contributed by atoms with Crippen molar-refractivity contribution in [2.45, 2.75) is 82.3 Å². The van der Waals surface area contributed by atoms with Gasteiger partial charge in [0.15, 0.2) is 17.3 Å². The van der Waals surface area contributed by atoms with Crippen molar-refractivity contribution < 1.29 is 71.1 Å². The van der Waals surface area contributed by atoms with Crippen LogP contribution in [0.2, 0.25) is 0 Å². The van der Waals surface area contributed by atoms with Crippen molar-refractivity contribution in [3.05, 3.63) is 82.5 Å². The zero-order chi connectivity index (χ0) is 54.3. The molecule has 0 fully saturated rings. The molecule has 4 amide bonds. The van der Waals surface area contributed by atoms with E-state index in [0.29, 0.717) is 4.90 Å². The van der Waals surface area contributed by atoms with Gasteiger partial charge in [-0.2, -0.15) is 13.1 Å². The minimum Gasteiger partial charge on any atom is -0.504 e. The molecule has 4 bridgehead atoms. The minimum atomic E-state index is -4.68. The van der Waals surface area contributed by atoms with Gasteiger partial charge in [-0.15, -0.1) is 0 Å². The fourth-order valence-corrected chi connectivity index (χ4v) is 7.83. The quantitative estimate of drug-likeness (QED) is 0.0595. The van der Waals surface area contributed by atoms with Gasteiger partial charge in [0.05, 0.1) is 0 Å². The number of carboxylic acid groups (broad SMARTS) is 1. The van der Waals surface area contributed by atoms with Crippen molar-refractivity contribution >= 4 is 45.6 Å². The Bertz CT molecular complexity index is 2820. The van der Waals surface area contributed by atoms with E-state index in [1.165, 1.54) is 31.2 Å². The summed E-state index contributed by atoms with van der Waals surface area (Å²) in [5.74, 6) is -8.66. The molecule has 0 saturated carbocycles. The monoisotopic (exact) mass is 1040 g/mol. The lowest BCUT2D eigenvalue weighted by Crippen LogP contribution is -2.57. The lowest BCUT2D eigenvalue weighted by atomic mass is 9.86. The van der Waals surface area contributed by atoms with Gasteiger partial charge < -0.3 is 68.0 Å². The normalized spacial score (nSPS) is 17.6. The summed E-state index contributed by atoms with van der Waals surface area (Å²) in [7, 11) is -3.67. The number of nitrogen functional groups attached to an aromatic ring is 1. The number of ether oxygens (including phenoxy) is 2. The Balaban J connectivity index is 1.69. The second-order valence-corrected chi connectivity index (χ2v) is 19.5. The van der Waals surface area contributed by atoms with Gasteiger partial charge in [0, 0.05) is 49.8 Å². The number of nitrogens with one attached hydrogen (secondary N) is 4. The minimum absolute atomic E-state index is 0.0237. The summed E-state index contributed by atoms with van der Waals surface area (Å²) in [5, 5.41) is 54.8. The second kappa shape index (κ2) is 23.6. The number of amides is 4. The predicted octanol–water partition coefficient (Wildman–Crippen LogP) is -0.548. The van der Waals surface area contributed by atoms with Crippen LogP contribution in [0.15, 0.2) is 54.6 Å². The number of aromatic hydroxyl groups is 1. The Morgan fingerprint density at radius 3 is 2.10 bits per heavy atom. The Morgan fingerprint density at radius 1 is 0.918 bits per heavy atom. The van der Waals surface area contributed by atoms with E-state index in [1.54, 1.807) is 24.3 Å². The number of alkyl halides is 2. The number of anilines is 1. The highest BCUT2D eigenvalue weighted by molar-refractivity contribution is 7.87. The van der Waals surface area contributed by atoms with Gasteiger partial charge in [-0.3, -0.25) is 19.2 Å². The van der Waals surface area contributed by atoms with Crippen LogP contribution in [0.4, 0.5) is 14.6 Å². The third-order valence-corrected chi connectivity index (χ3v) is 12.0. The number of hydrogen-bond acceptors (Lipinski definition) is 17. The number of rotatable bonds is 18. The number of phenolic OH excluding ortho intramolecular Hbond substituents is 1. The standard InChI is InChI=1S/C46H59F2N11O13S/c1-21-41(63)55-30(45(67)68)13-22-6-11-32(71-19-26(60)16-49)28(12-22)29-14-24(15-33(37(29)62)72-20-27(61)17-50)36(43(65)54-21)59(5)44(66)31(18-53-73(52,69)70)56-42(64)34-35(38(47)48)57-40(58-39(34)51)23-7-9-25(10-8-23)46(2,3)4/h6-12,14-15,21,26-27,30-31,36,38,53,60-62H,13,16-20,49-50H2,1-5H3,(H,54,65)(H,55,63)(H,56,64)(H,67,68)(H2,51,57,58)(H2,52,69,70)/t21-,26+,27+,30-,31-,36-/m0/s1. The number of fused-ring (bicyclic) bond motifs is 5. The molecule has 0 radical (unpaired) electrons. The number of aromatic nitrogens is 2. The number of aliphatic hydroxyl groups excluding tert-OH is 2. The van der Waals surface area contributed by atoms with Crippen molar-refractivity contribution in [1.82, 2.24) is 35.5 Å². The van der Waals surface area contributed by atoms with E-state index < -0.39 is 131 Å². The molecule has 0 spiro atoms. The first-order valence-electron chi connectivity index (χ1n) is 22.4. The molecule has 0 aliphatic carbocycles. The van der Waals surface area contributed by atoms with Crippen LogP contribution < -0.4 is 52.5 Å². The van der Waals surface area contributed by atoms with Crippen LogP contribution in [0.1, 0.15) is 72.9 Å². The molecule has 396 valence electrons. The van der Waals surface area contributed by atoms with Crippen molar-refractivity contribution in [3.63, 3.8) is 0 Å². The van der Waals surface area contributed by atoms with Crippen LogP contribution in [0.25, 0.3) is 22.5 Å². The number of aliphatic hydroxyl groups is 2. The van der Waals surface area contributed by atoms with Crippen LogP contribution in [-0.4, -0.2) is 144 Å². The molecule has 73 heavy (non-hydrogen) atoms. The van der Waals surface area contributed by atoms with E-state index in [0.717, 1.165) is 18.7 Å². The number of likely N-dealkylation sites (N-methyl/N-ethyl adjacent to an activating group) is 1. The van der Waals surface area contributed by atoms with E-state index in [2.05, 4.69) is 25.9 Å². The number of nitrogens with two attached hydrogens (primary N) is 4. The fourth-order valence-electron chi connectivity index (χ4n) is 7.43. The first-order valence-corrected chi connectivity index (χ1v) is 24.0. The van der Waals surface area contributed by atoms with Crippen molar-refractivity contribution in [2.75, 3.05) is 45.6 Å². The third kappa shape index (κ3) is 14.3. The number of carboxylic acids is 1. The Kier molecular flexibility index (Phi) is 18.4. The van der Waals surface area contributed by atoms with Gasteiger partial charge in [0.25, 0.3) is 22.5 Å². The summed E-state index contributed by atoms with van der Waals surface area (Å²) in [4.78, 5) is 78.4. The molecule has 1 aliphatic heterocycles. The number of aliphatic carboxylic acids is 1. The van der Waals surface area contributed by atoms with Crippen LogP contribution in [0.3, 0.4) is 0 Å². The van der Waals surface area contributed by atoms with Crippen LogP contribution in [0, 0.1) is 0 Å². The molecule has 3 aromatic carbocycles. The molecule has 5 rings (SSSR count). The Labute approximate surface area is 418 Å². The van der Waals surface area contributed by atoms with E-state index >= 15 is 0 Å². The molecule has 16 N–H and O–H groups in total. The van der Waals surface area contributed by atoms with Crippen molar-refractivity contribution in [3.8, 4) is 39.8 Å². The van der Waals surface area contributed by atoms with Gasteiger partial charge in [-0.1, -0.05) is 51.1 Å². The summed E-state index contributed by atoms with van der Waals surface area (Å²) in [6, 6.07) is 5.82. The van der Waals surface area contributed by atoms with Gasteiger partial charge in [-0.05, 0) is 53.3 Å². The topological polar surface area (TPSA) is 400 Å². The number of benzene rings is 3. The van der Waals surface area contributed by atoms with Gasteiger partial charge >= 0.3 is 5.97 Å². The van der Waals surface area contributed by atoms with E-state index in [-0.39, 0.29) is 64.3 Å². The van der Waals surface area contributed by atoms with Crippen molar-refractivity contribution in [2.24, 2.45) is 16.6 Å². The number of carbonyl (C=O) groups excluding carboxylic acids is 4. The molecule has 0 unspecified atom stereocenters. The molecule has 27 heteroatoms. The van der Waals surface area contributed by atoms with Crippen LogP contribution in [0.5, 0.6) is 17.2 Å². The largest absolute Gasteiger partial charge is 0.504 e. The summed E-state index contributed by atoms with van der Waals surface area (Å²) in [6.45, 7) is 4.52. The van der Waals surface area contributed by atoms with Crippen LogP contribution in [-0.2, 0) is 41.2 Å². The number of hydrogen-bond donors (Lipinski definition) is 12. The predicted molar refractivity (Wildman–Crippen MR) is 259 cm³/mol. The summed E-state index contributed by atoms with van der Waals surface area (Å²) in [5.41, 5.74) is 15.9. The molecule has 1 aliphatic rings. The molecule has 0 saturated heterocycles. The number of phenols is 1. The highest BCUT2D eigenvalue weighted by atomic mass is 32.2. The molecule has 24 nitrogen and oxygen atoms in total. The SMILES string of the molecule is C[C@@H]1NC(=O)[C@@H](N(C)C(=O)[C@H](CNS(N)(=O)=O)NC(=O)c2c(N)nc(-c3ccc(C(C)(C)C)cc3)nc2C(F)F)c2cc(OC[C@H](O)CN)c(O)c(c2)-c2cc(ccc2OC[C@H](O)CN)C[C@@H](C(=O)O)NC1=O. The lowest BCUT2D eigenvalue weighted by Gasteiger charge is -2.33. The number of carbonyl (C=O) groups is 5. The zero-order valence-corrected chi connectivity index (χ0v) is 41.1. The second-order valence-electron chi connectivity index (χ2n) is 18.1. The Morgan fingerprint density at radius 2 is 1.53 bits per heavy atom. The average Bonchev–Trinajstić information content (AvgIpc) is 3.32. The van der Waals surface area contributed by atoms with Gasteiger partial charge in [0.2, 0.25) is 17.7 Å². The van der Waals surface area contributed by atoms with E-state index in [1.807, 2.05) is 25.5 Å². The fraction of sp³-hybridized carbons (Fsp3) is 0.413. The molecule has 4 aromatic rings. The molecular weight excluding hydrogens is 985 g/mol. The average molecular weight is 1040 g/mol. The van der Waals surface area contributed by atoms with E-state index in [9.17, 15) is 61.6 Å². The summed E-state index contributed by atoms with van der Waals surface area (Å²) < 4.78 is 67.7. The maximum Gasteiger partial charge on any atom is 0.326 e. The summed E-state index contributed by atoms with van der Waals surface area (Å²) in [6.07, 6.45) is -6.31.